The van der Waals surface area contributed by atoms with Crippen LogP contribution in [0.5, 0.6) is 0 Å². The number of hydrogen-bond donors (Lipinski definition) is 0. The van der Waals surface area contributed by atoms with Crippen LogP contribution >= 0.6 is 11.8 Å². The quantitative estimate of drug-likeness (QED) is 0.706. The molecule has 0 N–H and O–H groups in total. The van der Waals surface area contributed by atoms with Crippen LogP contribution in [0.25, 0.3) is 0 Å². The molecule has 0 aromatic rings. The molecule has 0 rings (SSSR count). The Labute approximate surface area is 92.3 Å². The smallest absolute Gasteiger partial charge is 0.235 e. The maximum Gasteiger partial charge on any atom is 0.434 e. The van der Waals surface area contributed by atoms with E-state index in [4.69, 9.17) is 0 Å². The molecule has 0 aromatic heterocycles. The van der Waals surface area contributed by atoms with E-state index in [9.17, 15) is 43.9 Å². The molecule has 17 heavy (non-hydrogen) atoms. The minimum Gasteiger partial charge on any atom is -0.235 e. The summed E-state index contributed by atoms with van der Waals surface area (Å²) in [6.45, 7) is 0. The van der Waals surface area contributed by atoms with Gasteiger partial charge < -0.3 is 0 Å². The molecule has 0 aliphatic carbocycles. The second-order valence-electron chi connectivity index (χ2n) is 2.84. The summed E-state index contributed by atoms with van der Waals surface area (Å²) in [4.78, 5) is 0. The zero-order valence-electron chi connectivity index (χ0n) is 7.77. The van der Waals surface area contributed by atoms with Gasteiger partial charge in [0.05, 0.1) is 0 Å². The van der Waals surface area contributed by atoms with E-state index in [1.54, 1.807) is 0 Å². The molecule has 0 aliphatic rings. The molecule has 0 amide bonds. The fourth-order valence-corrected chi connectivity index (χ4v) is 1.15. The molecule has 0 radical (unpaired) electrons. The average molecular weight is 298 g/mol. The third-order valence-corrected chi connectivity index (χ3v) is 2.49. The van der Waals surface area contributed by atoms with Crippen LogP contribution < -0.4 is 0 Å². The van der Waals surface area contributed by atoms with Gasteiger partial charge in [0.15, 0.2) is 0 Å². The predicted molar refractivity (Wildman–Crippen MR) is 39.3 cm³/mol. The summed E-state index contributed by atoms with van der Waals surface area (Å²) in [7, 11) is 0. The molecule has 0 aromatic carbocycles. The molecular formula is C6H4F10S. The third-order valence-electron chi connectivity index (χ3n) is 1.74. The molecule has 1 atom stereocenters. The van der Waals surface area contributed by atoms with Crippen molar-refractivity contribution in [3.63, 3.8) is 0 Å². The van der Waals surface area contributed by atoms with Gasteiger partial charge in [0.25, 0.3) is 0 Å². The van der Waals surface area contributed by atoms with Crippen LogP contribution in [0.15, 0.2) is 0 Å². The Kier molecular flexibility index (Phi) is 4.30. The molecule has 0 aliphatic heterocycles. The van der Waals surface area contributed by atoms with Crippen LogP contribution in [-0.2, 0) is 0 Å². The minimum atomic E-state index is -6.84. The number of halogens is 10. The zero-order chi connectivity index (χ0) is 14.3. The molecule has 0 heterocycles. The molecule has 1 unspecified atom stereocenters. The van der Waals surface area contributed by atoms with Gasteiger partial charge in [0, 0.05) is 0 Å². The highest BCUT2D eigenvalue weighted by Gasteiger charge is 2.81. The first-order chi connectivity index (χ1) is 7.22. The summed E-state index contributed by atoms with van der Waals surface area (Å²) in [5.41, 5.74) is -6.62. The summed E-state index contributed by atoms with van der Waals surface area (Å²) in [5.74, 6) is 0. The van der Waals surface area contributed by atoms with Gasteiger partial charge in [-0.25, -0.2) is 8.78 Å². The molecule has 0 fully saturated rings. The van der Waals surface area contributed by atoms with E-state index in [1.807, 2.05) is 0 Å². The van der Waals surface area contributed by atoms with Crippen molar-refractivity contribution in [3.8, 4) is 0 Å². The number of thioether (sulfide) groups is 1. The number of rotatable bonds is 3. The summed E-state index contributed by atoms with van der Waals surface area (Å²) in [5, 5.41) is -5.17. The highest BCUT2D eigenvalue weighted by atomic mass is 32.2. The Morgan fingerprint density at radius 1 is 0.765 bits per heavy atom. The lowest BCUT2D eigenvalue weighted by molar-refractivity contribution is -0.368. The van der Waals surface area contributed by atoms with Crippen LogP contribution in [0.1, 0.15) is 0 Å². The van der Waals surface area contributed by atoms with Gasteiger partial charge in [0.2, 0.25) is 6.17 Å². The Balaban J connectivity index is 5.69. The van der Waals surface area contributed by atoms with Gasteiger partial charge >= 0.3 is 23.3 Å². The molecule has 104 valence electrons. The molecule has 0 spiro atoms. The van der Waals surface area contributed by atoms with Gasteiger partial charge in [-0.15, -0.1) is 0 Å². The Morgan fingerprint density at radius 3 is 1.24 bits per heavy atom. The molecule has 0 nitrogen and oxygen atoms in total. The number of hydrogen-bond acceptors (Lipinski definition) is 1. The monoisotopic (exact) mass is 298 g/mol. The van der Waals surface area contributed by atoms with Gasteiger partial charge in [0.1, 0.15) is 0 Å². The normalized spacial score (nSPS) is 17.1. The van der Waals surface area contributed by atoms with Crippen molar-refractivity contribution in [3.05, 3.63) is 0 Å². The maximum absolute atomic E-state index is 12.8. The van der Waals surface area contributed by atoms with Crippen LogP contribution in [-0.4, -0.2) is 35.7 Å². The Morgan fingerprint density at radius 2 is 1.06 bits per heavy atom. The van der Waals surface area contributed by atoms with Crippen molar-refractivity contribution < 1.29 is 43.9 Å². The molecule has 0 saturated heterocycles. The largest absolute Gasteiger partial charge is 0.434 e. The van der Waals surface area contributed by atoms with Gasteiger partial charge in [-0.3, -0.25) is 0 Å². The first-order valence-corrected chi connectivity index (χ1v) is 4.83. The molecular weight excluding hydrogens is 294 g/mol. The summed E-state index contributed by atoms with van der Waals surface area (Å²) >= 11 is -0.954. The highest BCUT2D eigenvalue weighted by molar-refractivity contribution is 7.99. The topological polar surface area (TPSA) is 0 Å². The average Bonchev–Trinajstić information content (AvgIpc) is 2.11. The summed E-state index contributed by atoms with van der Waals surface area (Å²) in [6.07, 6.45) is -18.4. The standard InChI is InChI=1S/C6H4F10S/c1-17-4(9,10)2(7)3(8,5(11,12)13)6(14,15)16/h2H,1H3. The Hall–Kier alpha value is -0.350. The highest BCUT2D eigenvalue weighted by Crippen LogP contribution is 2.54. The molecule has 0 bridgehead atoms. The second kappa shape index (κ2) is 4.39. The Bertz CT molecular complexity index is 251. The van der Waals surface area contributed by atoms with Crippen molar-refractivity contribution >= 4 is 11.8 Å². The van der Waals surface area contributed by atoms with Crippen LogP contribution in [0.2, 0.25) is 0 Å². The van der Waals surface area contributed by atoms with Crippen LogP contribution in [0.3, 0.4) is 0 Å². The third kappa shape index (κ3) is 2.74. The molecule has 0 saturated carbocycles. The summed E-state index contributed by atoms with van der Waals surface area (Å²) < 4.78 is 121. The van der Waals surface area contributed by atoms with Crippen molar-refractivity contribution in [1.82, 2.24) is 0 Å². The second-order valence-corrected chi connectivity index (χ2v) is 3.79. The van der Waals surface area contributed by atoms with E-state index in [2.05, 4.69) is 0 Å². The predicted octanol–water partition coefficient (Wildman–Crippen LogP) is 4.11. The zero-order valence-corrected chi connectivity index (χ0v) is 8.58. The van der Waals surface area contributed by atoms with Crippen molar-refractivity contribution in [2.45, 2.75) is 29.4 Å². The lowest BCUT2D eigenvalue weighted by Crippen LogP contribution is -2.63. The van der Waals surface area contributed by atoms with Crippen molar-refractivity contribution in [1.29, 1.82) is 0 Å². The summed E-state index contributed by atoms with van der Waals surface area (Å²) in [6, 6.07) is 0. The van der Waals surface area contributed by atoms with E-state index in [1.165, 1.54) is 0 Å². The lowest BCUT2D eigenvalue weighted by Gasteiger charge is -2.35. The number of alkyl halides is 10. The fourth-order valence-electron chi connectivity index (χ4n) is 0.783. The lowest BCUT2D eigenvalue weighted by atomic mass is 9.98. The van der Waals surface area contributed by atoms with E-state index < -0.39 is 41.2 Å². The van der Waals surface area contributed by atoms with E-state index in [0.717, 1.165) is 0 Å². The first kappa shape index (κ1) is 16.6. The van der Waals surface area contributed by atoms with Crippen molar-refractivity contribution in [2.75, 3.05) is 6.26 Å². The van der Waals surface area contributed by atoms with Gasteiger partial charge in [-0.1, -0.05) is 11.8 Å². The van der Waals surface area contributed by atoms with E-state index in [-0.39, 0.29) is 0 Å². The van der Waals surface area contributed by atoms with E-state index in [0.29, 0.717) is 6.26 Å². The van der Waals surface area contributed by atoms with Crippen LogP contribution in [0, 0.1) is 0 Å². The van der Waals surface area contributed by atoms with Crippen LogP contribution in [0.4, 0.5) is 43.9 Å². The van der Waals surface area contributed by atoms with Gasteiger partial charge in [-0.05, 0) is 6.26 Å². The molecule has 11 heteroatoms. The fraction of sp³-hybridized carbons (Fsp3) is 1.00. The first-order valence-electron chi connectivity index (χ1n) is 3.61. The maximum atomic E-state index is 12.8. The SMILES string of the molecule is CSC(F)(F)C(F)C(F)(C(F)(F)F)C(F)(F)F. The van der Waals surface area contributed by atoms with Crippen molar-refractivity contribution in [2.24, 2.45) is 0 Å². The van der Waals surface area contributed by atoms with Gasteiger partial charge in [-0.2, -0.15) is 35.1 Å². The minimum absolute atomic E-state index is 0.347. The van der Waals surface area contributed by atoms with E-state index >= 15 is 0 Å².